The number of nitrogens with one attached hydrogen (secondary N) is 2. The van der Waals surface area contributed by atoms with Crippen LogP contribution in [0, 0.1) is 0 Å². The maximum Gasteiger partial charge on any atom is 0.353 e. The van der Waals surface area contributed by atoms with Crippen molar-refractivity contribution in [2.45, 2.75) is 79.8 Å². The fraction of sp³-hybridized carbons (Fsp3) is 0.326. The molecular weight excluding hydrogens is 865 g/mol. The Kier molecular flexibility index (Phi) is 12.3. The van der Waals surface area contributed by atoms with Crippen LogP contribution in [0.25, 0.3) is 0 Å². The topological polar surface area (TPSA) is 229 Å². The quantitative estimate of drug-likeness (QED) is 0.0203. The second-order valence-electron chi connectivity index (χ2n) is 16.1. The first kappa shape index (κ1) is 43.4. The van der Waals surface area contributed by atoms with Crippen LogP contribution in [0.3, 0.4) is 0 Å². The van der Waals surface area contributed by atoms with Gasteiger partial charge in [-0.25, -0.2) is 14.6 Å². The molecule has 0 unspecified atom stereocenters. The molecular formula is C43H44N10O7S3. The van der Waals surface area contributed by atoms with Crippen molar-refractivity contribution in [3.05, 3.63) is 130 Å². The second-order valence-corrected chi connectivity index (χ2v) is 19.0. The van der Waals surface area contributed by atoms with E-state index in [0.717, 1.165) is 33.2 Å². The van der Waals surface area contributed by atoms with Crippen molar-refractivity contribution in [1.29, 1.82) is 0 Å². The third-order valence-electron chi connectivity index (χ3n) is 10.7. The molecule has 17 nitrogen and oxygen atoms in total. The lowest BCUT2D eigenvalue weighted by Crippen LogP contribution is -2.71. The summed E-state index contributed by atoms with van der Waals surface area (Å²) in [5, 5.41) is 33.7. The largest absolute Gasteiger partial charge is 0.477 e. The molecule has 4 heterocycles. The van der Waals surface area contributed by atoms with Crippen LogP contribution in [-0.2, 0) is 34.3 Å². The Labute approximate surface area is 374 Å². The van der Waals surface area contributed by atoms with Gasteiger partial charge in [0.05, 0.1) is 0 Å². The van der Waals surface area contributed by atoms with Crippen LogP contribution in [0.5, 0.6) is 0 Å². The number of thiazole rings is 1. The highest BCUT2D eigenvalue weighted by Gasteiger charge is 2.55. The van der Waals surface area contributed by atoms with Crippen LogP contribution >= 0.6 is 34.9 Å². The van der Waals surface area contributed by atoms with E-state index in [1.54, 1.807) is 26.2 Å². The number of carbonyl (C=O) groups excluding carboxylic acids is 3. The van der Waals surface area contributed by atoms with E-state index in [1.165, 1.54) is 28.0 Å². The number of esters is 1. The number of benzene rings is 3. The van der Waals surface area contributed by atoms with E-state index in [9.17, 15) is 24.3 Å². The summed E-state index contributed by atoms with van der Waals surface area (Å²) in [5.74, 6) is 2.83. The van der Waals surface area contributed by atoms with Crippen LogP contribution in [0.2, 0.25) is 0 Å². The van der Waals surface area contributed by atoms with Crippen molar-refractivity contribution >= 4 is 69.5 Å². The van der Waals surface area contributed by atoms with Gasteiger partial charge < -0.3 is 31.2 Å². The molecule has 1 saturated heterocycles. The molecule has 0 bridgehead atoms. The van der Waals surface area contributed by atoms with Gasteiger partial charge in [-0.2, -0.15) is 0 Å². The normalized spacial score (nSPS) is 18.6. The molecule has 1 saturated carbocycles. The van der Waals surface area contributed by atoms with Crippen LogP contribution in [-0.4, -0.2) is 98.9 Å². The number of amides is 2. The molecule has 63 heavy (non-hydrogen) atoms. The van der Waals surface area contributed by atoms with Crippen LogP contribution in [0.4, 0.5) is 5.13 Å². The number of nitrogens with two attached hydrogens (primary N) is 1. The third kappa shape index (κ3) is 8.74. The van der Waals surface area contributed by atoms with Crippen molar-refractivity contribution in [3.8, 4) is 0 Å². The van der Waals surface area contributed by atoms with Crippen LogP contribution in [0.1, 0.15) is 68.8 Å². The SMILES string of the molecule is CC(C)(C)OC(=O)C1(O/N=C(\C(=O)N[C@@H]2C(=O)N3C(C(=O)O)=C(CSc4nnnn4N)CS[C@@H]23)c2csc(NC(c3ccccc3)(c3ccccc3)c3ccccc3)n2)CCCC1. The Balaban J connectivity index is 1.13. The minimum Gasteiger partial charge on any atom is -0.477 e. The fourth-order valence-corrected chi connectivity index (χ4v) is 10.8. The number of nitrogen functional groups attached to an aromatic ring is 1. The van der Waals surface area contributed by atoms with E-state index in [0.29, 0.717) is 36.4 Å². The summed E-state index contributed by atoms with van der Waals surface area (Å²) in [5.41, 5.74) is -0.273. The highest BCUT2D eigenvalue weighted by Crippen LogP contribution is 2.43. The van der Waals surface area contributed by atoms with Gasteiger partial charge in [0.1, 0.15) is 33.9 Å². The van der Waals surface area contributed by atoms with Gasteiger partial charge in [-0.3, -0.25) is 14.5 Å². The first-order valence-electron chi connectivity index (χ1n) is 20.1. The molecule has 3 aliphatic rings. The molecule has 0 radical (unpaired) electrons. The summed E-state index contributed by atoms with van der Waals surface area (Å²) in [6, 6.07) is 28.8. The number of carbonyl (C=O) groups is 4. The monoisotopic (exact) mass is 908 g/mol. The van der Waals surface area contributed by atoms with Crippen molar-refractivity contribution in [3.63, 3.8) is 0 Å². The summed E-state index contributed by atoms with van der Waals surface area (Å²) < 4.78 is 5.77. The average Bonchev–Trinajstić information content (AvgIpc) is 4.06. The number of ether oxygens (including phenoxy) is 1. The van der Waals surface area contributed by atoms with E-state index < -0.39 is 51.9 Å². The summed E-state index contributed by atoms with van der Waals surface area (Å²) in [6.07, 6.45) is 1.99. The first-order valence-corrected chi connectivity index (χ1v) is 23.0. The lowest BCUT2D eigenvalue weighted by atomic mass is 9.77. The Bertz CT molecular complexity index is 2460. The number of tetrazole rings is 1. The zero-order valence-electron chi connectivity index (χ0n) is 34.5. The number of carboxylic acid groups (broad SMARTS) is 1. The van der Waals surface area contributed by atoms with Gasteiger partial charge in [-0.1, -0.05) is 113 Å². The predicted molar refractivity (Wildman–Crippen MR) is 238 cm³/mol. The Morgan fingerprint density at radius 3 is 2.11 bits per heavy atom. The van der Waals surface area contributed by atoms with E-state index in [4.69, 9.17) is 20.4 Å². The Morgan fingerprint density at radius 2 is 1.57 bits per heavy atom. The van der Waals surface area contributed by atoms with Crippen LogP contribution < -0.4 is 16.5 Å². The summed E-state index contributed by atoms with van der Waals surface area (Å²) in [6.45, 7) is 5.29. The standard InChI is InChI=1S/C43H44N10O7S3/c1-41(2,3)59-38(58)42(21-13-14-22-42)60-49-31(34(54)46-32-35(55)52-33(37(56)57)26(23-61-36(32)52)24-63-40-48-50-51-53(40)44)30-25-62-39(45-30)47-43(27-15-7-4-8-16-27,28-17-9-5-10-18-28)29-19-11-6-12-20-29/h4-12,15-20,25,32,36H,13-14,21-24,44H2,1-3H3,(H,45,47)(H,46,54)(H,56,57)/b49-31-/t32-,36+/m1/s1. The number of anilines is 1. The van der Waals surface area contributed by atoms with E-state index >= 15 is 0 Å². The second kappa shape index (κ2) is 17.9. The molecule has 2 aromatic heterocycles. The molecule has 2 fully saturated rings. The van der Waals surface area contributed by atoms with Gasteiger partial charge in [0.15, 0.2) is 10.8 Å². The Morgan fingerprint density at radius 1 is 0.968 bits per heavy atom. The van der Waals surface area contributed by atoms with Crippen LogP contribution in [0.15, 0.2) is 118 Å². The number of carboxylic acids is 1. The number of hydrogen-bond donors (Lipinski definition) is 4. The van der Waals surface area contributed by atoms with E-state index in [1.807, 2.05) is 91.0 Å². The van der Waals surface area contributed by atoms with Gasteiger partial charge in [0, 0.05) is 29.7 Å². The Hall–Kier alpha value is -6.25. The highest BCUT2D eigenvalue weighted by molar-refractivity contribution is 8.01. The first-order chi connectivity index (χ1) is 30.3. The van der Waals surface area contributed by atoms with Crippen molar-refractivity contribution in [2.24, 2.45) is 5.16 Å². The minimum absolute atomic E-state index is 0.119. The van der Waals surface area contributed by atoms with Crippen molar-refractivity contribution in [2.75, 3.05) is 22.7 Å². The number of fused-ring (bicyclic) bond motifs is 1. The summed E-state index contributed by atoms with van der Waals surface area (Å²) >= 11 is 3.67. The molecule has 2 atom stereocenters. The van der Waals surface area contributed by atoms with Crippen molar-refractivity contribution in [1.82, 2.24) is 35.5 Å². The number of hydrogen-bond acceptors (Lipinski definition) is 16. The molecule has 2 amide bonds. The number of aromatic nitrogens is 5. The molecule has 1 aliphatic carbocycles. The predicted octanol–water partition coefficient (Wildman–Crippen LogP) is 5.15. The molecule has 2 aliphatic heterocycles. The molecule has 0 spiro atoms. The lowest BCUT2D eigenvalue weighted by Gasteiger charge is -2.49. The zero-order chi connectivity index (χ0) is 44.4. The van der Waals surface area contributed by atoms with Gasteiger partial charge in [0.2, 0.25) is 10.8 Å². The highest BCUT2D eigenvalue weighted by atomic mass is 32.2. The number of thioether (sulfide) groups is 2. The van der Waals surface area contributed by atoms with Gasteiger partial charge in [-0.15, -0.1) is 27.9 Å². The number of oxime groups is 1. The summed E-state index contributed by atoms with van der Waals surface area (Å²) in [4.78, 5) is 67.8. The summed E-state index contributed by atoms with van der Waals surface area (Å²) in [7, 11) is 0. The molecule has 3 aromatic carbocycles. The molecule has 8 rings (SSSR count). The molecule has 326 valence electrons. The zero-order valence-corrected chi connectivity index (χ0v) is 36.9. The number of β-lactam (4-membered cyclic amide) rings is 1. The smallest absolute Gasteiger partial charge is 0.353 e. The number of rotatable bonds is 15. The minimum atomic E-state index is -1.45. The van der Waals surface area contributed by atoms with Crippen molar-refractivity contribution < 1.29 is 33.9 Å². The van der Waals surface area contributed by atoms with E-state index in [2.05, 4.69) is 31.3 Å². The number of nitrogens with zero attached hydrogens (tertiary/aromatic N) is 7. The molecule has 5 aromatic rings. The maximum atomic E-state index is 14.5. The van der Waals surface area contributed by atoms with E-state index in [-0.39, 0.29) is 33.8 Å². The maximum absolute atomic E-state index is 14.5. The molecule has 5 N–H and O–H groups in total. The van der Waals surface area contributed by atoms with Gasteiger partial charge in [0.25, 0.3) is 11.8 Å². The average molecular weight is 909 g/mol. The number of aliphatic carboxylic acids is 1. The van der Waals surface area contributed by atoms with Gasteiger partial charge in [-0.05, 0) is 66.3 Å². The van der Waals surface area contributed by atoms with Gasteiger partial charge >= 0.3 is 11.9 Å². The fourth-order valence-electron chi connectivity index (χ4n) is 7.80. The molecule has 20 heteroatoms. The lowest BCUT2D eigenvalue weighted by molar-refractivity contribution is -0.183. The third-order valence-corrected chi connectivity index (χ3v) is 13.9.